The van der Waals surface area contributed by atoms with E-state index in [-0.39, 0.29) is 5.41 Å². The summed E-state index contributed by atoms with van der Waals surface area (Å²) in [6.45, 7) is 4.72. The minimum atomic E-state index is -0.223. The number of fused-ring (bicyclic) bond motifs is 2. The predicted molar refractivity (Wildman–Crippen MR) is 199 cm³/mol. The van der Waals surface area contributed by atoms with E-state index in [2.05, 4.69) is 206 Å². The number of para-hydroxylation sites is 2. The maximum atomic E-state index is 2.46. The number of anilines is 6. The van der Waals surface area contributed by atoms with Crippen LogP contribution in [0.15, 0.2) is 182 Å². The van der Waals surface area contributed by atoms with Crippen LogP contribution in [0.25, 0.3) is 22.3 Å². The molecule has 0 atom stereocenters. The molecule has 47 heavy (non-hydrogen) atoms. The number of hydrogen-bond acceptors (Lipinski definition) is 2. The van der Waals surface area contributed by atoms with Crippen molar-refractivity contribution in [2.24, 2.45) is 0 Å². The van der Waals surface area contributed by atoms with Gasteiger partial charge in [0.05, 0.1) is 11.4 Å². The molecule has 0 aliphatic carbocycles. The molecular weight excluding hydrogens is 569 g/mol. The Balaban J connectivity index is 1.33. The molecule has 0 unspecified atom stereocenters. The Kier molecular flexibility index (Phi) is 7.19. The van der Waals surface area contributed by atoms with Crippen LogP contribution in [0.1, 0.15) is 25.0 Å². The fourth-order valence-corrected chi connectivity index (χ4v) is 7.00. The molecule has 2 heteroatoms. The molecule has 0 aromatic heterocycles. The molecule has 8 rings (SSSR count). The van der Waals surface area contributed by atoms with Crippen LogP contribution in [0.5, 0.6) is 0 Å². The molecule has 2 nitrogen and oxygen atoms in total. The minimum Gasteiger partial charge on any atom is -0.310 e. The van der Waals surface area contributed by atoms with Crippen LogP contribution in [-0.4, -0.2) is 0 Å². The molecule has 0 N–H and O–H groups in total. The molecule has 7 aromatic rings. The molecule has 1 aliphatic heterocycles. The van der Waals surface area contributed by atoms with Gasteiger partial charge in [-0.05, 0) is 94.0 Å². The summed E-state index contributed by atoms with van der Waals surface area (Å²) in [6, 6.07) is 65.5. The summed E-state index contributed by atoms with van der Waals surface area (Å²) in [5.74, 6) is 0. The summed E-state index contributed by atoms with van der Waals surface area (Å²) >= 11 is 0. The van der Waals surface area contributed by atoms with Crippen LogP contribution in [0.2, 0.25) is 0 Å². The first-order chi connectivity index (χ1) is 23.1. The third kappa shape index (κ3) is 5.18. The monoisotopic (exact) mass is 604 g/mol. The molecule has 0 amide bonds. The lowest BCUT2D eigenvalue weighted by molar-refractivity contribution is 0.632. The summed E-state index contributed by atoms with van der Waals surface area (Å²) in [4.78, 5) is 4.80. The van der Waals surface area contributed by atoms with Crippen LogP contribution < -0.4 is 9.80 Å². The predicted octanol–water partition coefficient (Wildman–Crippen LogP) is 12.6. The third-order valence-electron chi connectivity index (χ3n) is 9.43. The molecule has 0 bridgehead atoms. The molecule has 1 aliphatic rings. The van der Waals surface area contributed by atoms with Crippen molar-refractivity contribution in [1.82, 2.24) is 0 Å². The van der Waals surface area contributed by atoms with Crippen molar-refractivity contribution in [3.05, 3.63) is 193 Å². The molecule has 7 aromatic carbocycles. The van der Waals surface area contributed by atoms with E-state index in [0.717, 1.165) is 22.7 Å². The van der Waals surface area contributed by atoms with E-state index in [9.17, 15) is 0 Å². The summed E-state index contributed by atoms with van der Waals surface area (Å²) in [5, 5.41) is 0. The third-order valence-corrected chi connectivity index (χ3v) is 9.43. The fraction of sp³-hybridized carbons (Fsp3) is 0.0667. The number of hydrogen-bond donors (Lipinski definition) is 0. The molecule has 0 radical (unpaired) electrons. The topological polar surface area (TPSA) is 6.48 Å². The van der Waals surface area contributed by atoms with Gasteiger partial charge in [0, 0.05) is 28.2 Å². The van der Waals surface area contributed by atoms with Crippen molar-refractivity contribution in [1.29, 1.82) is 0 Å². The molecule has 226 valence electrons. The van der Waals surface area contributed by atoms with Gasteiger partial charge in [0.15, 0.2) is 0 Å². The molecule has 0 saturated heterocycles. The van der Waals surface area contributed by atoms with Crippen molar-refractivity contribution < 1.29 is 0 Å². The fourth-order valence-electron chi connectivity index (χ4n) is 7.00. The first kappa shape index (κ1) is 28.6. The van der Waals surface area contributed by atoms with E-state index in [1.54, 1.807) is 0 Å². The lowest BCUT2D eigenvalue weighted by Gasteiger charge is -2.43. The summed E-state index contributed by atoms with van der Waals surface area (Å²) in [7, 11) is 0. The largest absolute Gasteiger partial charge is 0.310 e. The van der Waals surface area contributed by atoms with Gasteiger partial charge in [0.1, 0.15) is 0 Å². The van der Waals surface area contributed by atoms with Gasteiger partial charge in [-0.3, -0.25) is 0 Å². The summed E-state index contributed by atoms with van der Waals surface area (Å²) < 4.78 is 0. The summed E-state index contributed by atoms with van der Waals surface area (Å²) in [6.07, 6.45) is 0. The highest BCUT2D eigenvalue weighted by molar-refractivity contribution is 5.91. The molecule has 0 saturated carbocycles. The standard InChI is InChI=1S/C45H36N2/c1-45(2)41-29-28-40(46(37-19-11-5-12-20-37)38-21-13-6-14-22-38)32-44(41)47(39-26-23-35(24-27-39)33-15-7-3-8-16-33)43-30-25-36(31-42(43)45)34-17-9-4-10-18-34/h3-32H,1-2H3. The Bertz CT molecular complexity index is 2100. The van der Waals surface area contributed by atoms with Crippen molar-refractivity contribution >= 4 is 34.1 Å². The van der Waals surface area contributed by atoms with Gasteiger partial charge in [-0.1, -0.05) is 135 Å². The van der Waals surface area contributed by atoms with Gasteiger partial charge in [0.25, 0.3) is 0 Å². The molecule has 0 spiro atoms. The molecular formula is C45H36N2. The second-order valence-corrected chi connectivity index (χ2v) is 12.7. The van der Waals surface area contributed by atoms with Crippen LogP contribution in [0.3, 0.4) is 0 Å². The Morgan fingerprint density at radius 1 is 0.383 bits per heavy atom. The SMILES string of the molecule is CC1(C)c2ccc(N(c3ccccc3)c3ccccc3)cc2N(c2ccc(-c3ccccc3)cc2)c2ccc(-c3ccccc3)cc21. The Labute approximate surface area is 277 Å². The average molecular weight is 605 g/mol. The van der Waals surface area contributed by atoms with Crippen LogP contribution in [-0.2, 0) is 5.41 Å². The quantitative estimate of drug-likeness (QED) is 0.186. The summed E-state index contributed by atoms with van der Waals surface area (Å²) in [5.41, 5.74) is 14.2. The van der Waals surface area contributed by atoms with Crippen LogP contribution in [0, 0.1) is 0 Å². The van der Waals surface area contributed by atoms with E-state index >= 15 is 0 Å². The zero-order valence-electron chi connectivity index (χ0n) is 26.7. The van der Waals surface area contributed by atoms with Crippen molar-refractivity contribution in [3.8, 4) is 22.3 Å². The molecule has 1 heterocycles. The van der Waals surface area contributed by atoms with Gasteiger partial charge >= 0.3 is 0 Å². The minimum absolute atomic E-state index is 0.223. The average Bonchev–Trinajstić information content (AvgIpc) is 3.14. The molecule has 0 fully saturated rings. The first-order valence-corrected chi connectivity index (χ1v) is 16.3. The highest BCUT2D eigenvalue weighted by atomic mass is 15.2. The van der Waals surface area contributed by atoms with Crippen LogP contribution in [0.4, 0.5) is 34.1 Å². The van der Waals surface area contributed by atoms with Gasteiger partial charge in [-0.2, -0.15) is 0 Å². The first-order valence-electron chi connectivity index (χ1n) is 16.3. The maximum Gasteiger partial charge on any atom is 0.0523 e. The van der Waals surface area contributed by atoms with E-state index in [4.69, 9.17) is 0 Å². The highest BCUT2D eigenvalue weighted by Gasteiger charge is 2.37. The maximum absolute atomic E-state index is 2.46. The highest BCUT2D eigenvalue weighted by Crippen LogP contribution is 2.54. The van der Waals surface area contributed by atoms with Crippen molar-refractivity contribution in [2.75, 3.05) is 9.80 Å². The Hall–Kier alpha value is -5.86. The Morgan fingerprint density at radius 3 is 1.45 bits per heavy atom. The van der Waals surface area contributed by atoms with Gasteiger partial charge in [0.2, 0.25) is 0 Å². The van der Waals surface area contributed by atoms with Crippen molar-refractivity contribution in [2.45, 2.75) is 19.3 Å². The van der Waals surface area contributed by atoms with E-state index in [0.29, 0.717) is 0 Å². The second kappa shape index (κ2) is 11.8. The van der Waals surface area contributed by atoms with Gasteiger partial charge < -0.3 is 9.80 Å². The smallest absolute Gasteiger partial charge is 0.0523 e. The zero-order valence-corrected chi connectivity index (χ0v) is 26.7. The van der Waals surface area contributed by atoms with Gasteiger partial charge in [-0.25, -0.2) is 0 Å². The van der Waals surface area contributed by atoms with Gasteiger partial charge in [-0.15, -0.1) is 0 Å². The van der Waals surface area contributed by atoms with Crippen LogP contribution >= 0.6 is 0 Å². The van der Waals surface area contributed by atoms with E-state index in [1.165, 1.54) is 44.8 Å². The van der Waals surface area contributed by atoms with Crippen molar-refractivity contribution in [3.63, 3.8) is 0 Å². The normalized spacial score (nSPS) is 13.0. The Morgan fingerprint density at radius 2 is 0.872 bits per heavy atom. The van der Waals surface area contributed by atoms with E-state index < -0.39 is 0 Å². The lowest BCUT2D eigenvalue weighted by Crippen LogP contribution is -2.31. The second-order valence-electron chi connectivity index (χ2n) is 12.7. The van der Waals surface area contributed by atoms with E-state index in [1.807, 2.05) is 0 Å². The zero-order chi connectivity index (χ0) is 31.8. The number of benzene rings is 7. The number of nitrogens with zero attached hydrogens (tertiary/aromatic N) is 2. The number of rotatable bonds is 6. The lowest BCUT2D eigenvalue weighted by atomic mass is 9.72.